The lowest BCUT2D eigenvalue weighted by atomic mass is 10.0. The monoisotopic (exact) mass is 145 g/mol. The van der Waals surface area contributed by atoms with Crippen LogP contribution < -0.4 is 0 Å². The molecule has 1 N–H and O–H groups in total. The number of rotatable bonds is 1. The number of nitrogens with zero attached hydrogens (tertiary/aromatic N) is 1. The van der Waals surface area contributed by atoms with E-state index < -0.39 is 6.09 Å². The first-order chi connectivity index (χ1) is 4.66. The molecule has 4 nitrogen and oxygen atoms in total. The third-order valence-corrected chi connectivity index (χ3v) is 1.95. The van der Waals surface area contributed by atoms with Gasteiger partial charge in [-0.05, 0) is 6.92 Å². The second kappa shape index (κ2) is 2.46. The van der Waals surface area contributed by atoms with E-state index >= 15 is 0 Å². The predicted octanol–water partition coefficient (Wildman–Crippen LogP) is 0.384. The molecule has 1 aliphatic rings. The fourth-order valence-corrected chi connectivity index (χ4v) is 1.10. The van der Waals surface area contributed by atoms with Crippen LogP contribution in [0.5, 0.6) is 0 Å². The van der Waals surface area contributed by atoms with E-state index in [1.54, 1.807) is 7.11 Å². The van der Waals surface area contributed by atoms with E-state index in [4.69, 9.17) is 9.84 Å². The minimum atomic E-state index is -0.860. The summed E-state index contributed by atoms with van der Waals surface area (Å²) in [4.78, 5) is 11.7. The highest BCUT2D eigenvalue weighted by atomic mass is 16.5. The van der Waals surface area contributed by atoms with Crippen molar-refractivity contribution in [2.45, 2.75) is 19.1 Å². The van der Waals surface area contributed by atoms with Crippen LogP contribution in [0.1, 0.15) is 6.92 Å². The summed E-state index contributed by atoms with van der Waals surface area (Å²) in [5.74, 6) is 0. The molecule has 4 heteroatoms. The summed E-state index contributed by atoms with van der Waals surface area (Å²) in [7, 11) is 1.60. The molecule has 1 amide bonds. The van der Waals surface area contributed by atoms with E-state index in [2.05, 4.69) is 0 Å². The van der Waals surface area contributed by atoms with Crippen LogP contribution in [-0.2, 0) is 4.74 Å². The van der Waals surface area contributed by atoms with E-state index in [9.17, 15) is 4.79 Å². The smallest absolute Gasteiger partial charge is 0.407 e. The first-order valence-corrected chi connectivity index (χ1v) is 3.19. The Labute approximate surface area is 59.4 Å². The maximum atomic E-state index is 10.3. The van der Waals surface area contributed by atoms with Gasteiger partial charge < -0.3 is 14.7 Å². The lowest BCUT2D eigenvalue weighted by molar-refractivity contribution is -0.0622. The van der Waals surface area contributed by atoms with Gasteiger partial charge in [-0.25, -0.2) is 4.79 Å². The maximum Gasteiger partial charge on any atom is 0.407 e. The van der Waals surface area contributed by atoms with Crippen LogP contribution in [0.3, 0.4) is 0 Å². The highest BCUT2D eigenvalue weighted by Crippen LogP contribution is 2.19. The number of carbonyl (C=O) groups is 1. The van der Waals surface area contributed by atoms with Crippen molar-refractivity contribution in [3.05, 3.63) is 0 Å². The summed E-state index contributed by atoms with van der Waals surface area (Å²) in [5.41, 5.74) is 0. The van der Waals surface area contributed by atoms with Gasteiger partial charge in [0, 0.05) is 7.11 Å². The first kappa shape index (κ1) is 7.34. The molecular formula is C6H11NO3. The maximum absolute atomic E-state index is 10.3. The third-order valence-electron chi connectivity index (χ3n) is 1.95. The molecule has 0 aliphatic carbocycles. The molecule has 0 radical (unpaired) electrons. The molecule has 0 aromatic carbocycles. The van der Waals surface area contributed by atoms with Gasteiger partial charge in [0.2, 0.25) is 0 Å². The second-order valence-corrected chi connectivity index (χ2v) is 2.45. The van der Waals surface area contributed by atoms with Crippen LogP contribution in [0.15, 0.2) is 0 Å². The van der Waals surface area contributed by atoms with Crippen molar-refractivity contribution >= 4 is 6.09 Å². The van der Waals surface area contributed by atoms with Crippen LogP contribution in [0.25, 0.3) is 0 Å². The van der Waals surface area contributed by atoms with Crippen LogP contribution in [0.4, 0.5) is 4.79 Å². The number of hydrogen-bond acceptors (Lipinski definition) is 2. The minimum absolute atomic E-state index is 0.0162. The number of ether oxygens (including phenoxy) is 1. The van der Waals surface area contributed by atoms with Gasteiger partial charge in [-0.15, -0.1) is 0 Å². The van der Waals surface area contributed by atoms with E-state index in [0.717, 1.165) is 0 Å². The summed E-state index contributed by atoms with van der Waals surface area (Å²) in [6, 6.07) is 0.0162. The highest BCUT2D eigenvalue weighted by molar-refractivity contribution is 5.66. The quantitative estimate of drug-likeness (QED) is 0.580. The lowest BCUT2D eigenvalue weighted by Gasteiger charge is -2.43. The highest BCUT2D eigenvalue weighted by Gasteiger charge is 2.38. The average Bonchev–Trinajstić information content (AvgIpc) is 1.85. The van der Waals surface area contributed by atoms with E-state index in [-0.39, 0.29) is 12.1 Å². The number of likely N-dealkylation sites (tertiary alicyclic amines) is 1. The van der Waals surface area contributed by atoms with Gasteiger partial charge in [0.1, 0.15) is 0 Å². The Kier molecular flexibility index (Phi) is 1.80. The zero-order chi connectivity index (χ0) is 7.72. The van der Waals surface area contributed by atoms with Gasteiger partial charge in [0.05, 0.1) is 18.7 Å². The topological polar surface area (TPSA) is 49.8 Å². The normalized spacial score (nSPS) is 31.6. The molecule has 1 rings (SSSR count). The number of carboxylic acid groups (broad SMARTS) is 1. The van der Waals surface area contributed by atoms with Gasteiger partial charge in [-0.1, -0.05) is 0 Å². The molecule has 0 spiro atoms. The minimum Gasteiger partial charge on any atom is -0.465 e. The Hall–Kier alpha value is -0.770. The molecular weight excluding hydrogens is 134 g/mol. The molecule has 1 saturated heterocycles. The molecule has 58 valence electrons. The molecule has 0 aromatic rings. The second-order valence-electron chi connectivity index (χ2n) is 2.45. The van der Waals surface area contributed by atoms with Gasteiger partial charge in [-0.2, -0.15) is 0 Å². The van der Waals surface area contributed by atoms with Crippen LogP contribution in [0, 0.1) is 0 Å². The average molecular weight is 145 g/mol. The van der Waals surface area contributed by atoms with Crippen molar-refractivity contribution in [3.63, 3.8) is 0 Å². The summed E-state index contributed by atoms with van der Waals surface area (Å²) < 4.78 is 4.97. The van der Waals surface area contributed by atoms with Crippen LogP contribution in [-0.4, -0.2) is 41.9 Å². The van der Waals surface area contributed by atoms with Crippen molar-refractivity contribution in [1.29, 1.82) is 0 Å². The summed E-state index contributed by atoms with van der Waals surface area (Å²) >= 11 is 0. The van der Waals surface area contributed by atoms with E-state index in [1.165, 1.54) is 4.90 Å². The summed E-state index contributed by atoms with van der Waals surface area (Å²) in [6.07, 6.45) is -0.767. The molecule has 0 unspecified atom stereocenters. The Balaban J connectivity index is 2.39. The standard InChI is InChI=1S/C6H11NO3/c1-4-5(10-2)3-7(4)6(8)9/h4-5H,3H2,1-2H3,(H,8,9)/t4-,5-/m0/s1. The molecule has 10 heavy (non-hydrogen) atoms. The van der Waals surface area contributed by atoms with Crippen molar-refractivity contribution in [1.82, 2.24) is 4.90 Å². The van der Waals surface area contributed by atoms with Crippen LogP contribution in [0.2, 0.25) is 0 Å². The molecule has 0 aromatic heterocycles. The van der Waals surface area contributed by atoms with Gasteiger partial charge in [-0.3, -0.25) is 0 Å². The van der Waals surface area contributed by atoms with Crippen molar-refractivity contribution in [3.8, 4) is 0 Å². The molecule has 1 aliphatic heterocycles. The summed E-state index contributed by atoms with van der Waals surface area (Å²) in [6.45, 7) is 2.35. The first-order valence-electron chi connectivity index (χ1n) is 3.19. The Morgan fingerprint density at radius 2 is 2.40 bits per heavy atom. The third kappa shape index (κ3) is 0.945. The number of hydrogen-bond donors (Lipinski definition) is 1. The largest absolute Gasteiger partial charge is 0.465 e. The van der Waals surface area contributed by atoms with E-state index in [1.807, 2.05) is 6.92 Å². The Bertz CT molecular complexity index is 148. The Morgan fingerprint density at radius 1 is 1.80 bits per heavy atom. The van der Waals surface area contributed by atoms with Gasteiger partial charge >= 0.3 is 6.09 Å². The molecule has 2 atom stereocenters. The van der Waals surface area contributed by atoms with Gasteiger partial charge in [0.25, 0.3) is 0 Å². The van der Waals surface area contributed by atoms with Gasteiger partial charge in [0.15, 0.2) is 0 Å². The molecule has 1 fully saturated rings. The molecule has 0 bridgehead atoms. The molecule has 0 saturated carbocycles. The fraction of sp³-hybridized carbons (Fsp3) is 0.833. The lowest BCUT2D eigenvalue weighted by Crippen LogP contribution is -2.60. The van der Waals surface area contributed by atoms with Crippen LogP contribution >= 0.6 is 0 Å². The SMILES string of the molecule is CO[C@H]1CN(C(=O)O)[C@H]1C. The predicted molar refractivity (Wildman–Crippen MR) is 35.0 cm³/mol. The number of amides is 1. The number of methoxy groups -OCH3 is 1. The summed E-state index contributed by atoms with van der Waals surface area (Å²) in [5, 5.41) is 8.49. The van der Waals surface area contributed by atoms with Crippen molar-refractivity contribution < 1.29 is 14.6 Å². The fourth-order valence-electron chi connectivity index (χ4n) is 1.10. The van der Waals surface area contributed by atoms with Crippen molar-refractivity contribution in [2.75, 3.05) is 13.7 Å². The zero-order valence-electron chi connectivity index (χ0n) is 6.07. The zero-order valence-corrected chi connectivity index (χ0v) is 6.07. The Morgan fingerprint density at radius 3 is 2.70 bits per heavy atom. The van der Waals surface area contributed by atoms with Crippen molar-refractivity contribution in [2.24, 2.45) is 0 Å². The molecule has 1 heterocycles. The van der Waals surface area contributed by atoms with E-state index in [0.29, 0.717) is 6.54 Å².